The lowest BCUT2D eigenvalue weighted by molar-refractivity contribution is -0.135. The standard InChI is InChI=1S/C26H29O2P.C20H24O6S/c1-20-25(27-18-22-12-6-3-7-13-22)26(28-19-23-14-8-4-9-15-23)21(2)29(20)24-16-10-5-11-17-24;1-15-19(23-13-17-9-5-3-6-10-17)20(16(2)26-27(21,22)25-15)24-14-18-11-7-4-8-12-18/h3-17,20-21,25-26H,18-19H2,1-2H3;3-12,15-16,19-20H,13-14H2,1-2H3/t20-,21-,25+,26?,29?;15-,16-,19-,20?/m01/s1. The Morgan fingerprint density at radius 3 is 1.00 bits per heavy atom. The highest BCUT2D eigenvalue weighted by atomic mass is 32.3. The largest absolute Gasteiger partial charge is 0.400 e. The maximum Gasteiger partial charge on any atom is 0.400 e. The fraction of sp³-hybridized carbons (Fsp3) is 0.348. The zero-order chi connectivity index (χ0) is 39.3. The lowest BCUT2D eigenvalue weighted by Crippen LogP contribution is -2.44. The highest BCUT2D eigenvalue weighted by Gasteiger charge is 2.48. The van der Waals surface area contributed by atoms with Crippen molar-refractivity contribution >= 4 is 23.6 Å². The van der Waals surface area contributed by atoms with Crippen molar-refractivity contribution in [2.45, 2.75) is 102 Å². The van der Waals surface area contributed by atoms with Gasteiger partial charge in [-0.3, -0.25) is 0 Å². The minimum Gasteiger partial charge on any atom is -0.370 e. The van der Waals surface area contributed by atoms with Crippen molar-refractivity contribution < 1.29 is 35.7 Å². The molecule has 5 aromatic carbocycles. The third-order valence-corrected chi connectivity index (χ3v) is 14.5. The summed E-state index contributed by atoms with van der Waals surface area (Å²) >= 11 is 0. The van der Waals surface area contributed by atoms with Gasteiger partial charge in [-0.2, -0.15) is 8.42 Å². The average molecular weight is 797 g/mol. The molecule has 56 heavy (non-hydrogen) atoms. The maximum absolute atomic E-state index is 12.0. The first-order chi connectivity index (χ1) is 27.2. The molecule has 3 unspecified atom stereocenters. The molecule has 0 N–H and O–H groups in total. The van der Waals surface area contributed by atoms with E-state index in [4.69, 9.17) is 27.3 Å². The molecule has 2 fully saturated rings. The van der Waals surface area contributed by atoms with Crippen LogP contribution in [0.2, 0.25) is 0 Å². The number of hydrogen-bond donors (Lipinski definition) is 0. The Hall–Kier alpha value is -3.76. The van der Waals surface area contributed by atoms with E-state index < -0.39 is 34.8 Å². The van der Waals surface area contributed by atoms with E-state index in [1.165, 1.54) is 16.4 Å². The van der Waals surface area contributed by atoms with Gasteiger partial charge in [0.15, 0.2) is 0 Å². The Balaban J connectivity index is 0.000000190. The molecular formula is C46H53O8PS. The molecule has 2 aliphatic rings. The van der Waals surface area contributed by atoms with Gasteiger partial charge in [0.05, 0.1) is 38.6 Å². The third kappa shape index (κ3) is 11.7. The molecule has 2 aliphatic heterocycles. The second kappa shape index (κ2) is 20.6. The van der Waals surface area contributed by atoms with Gasteiger partial charge in [0, 0.05) is 11.3 Å². The number of rotatable bonds is 13. The van der Waals surface area contributed by atoms with Crippen molar-refractivity contribution in [1.29, 1.82) is 0 Å². The average Bonchev–Trinajstić information content (AvgIpc) is 3.41. The first kappa shape index (κ1) is 41.9. The summed E-state index contributed by atoms with van der Waals surface area (Å²) in [7, 11) is -4.46. The van der Waals surface area contributed by atoms with Gasteiger partial charge in [-0.15, -0.1) is 0 Å². The molecule has 0 bridgehead atoms. The van der Waals surface area contributed by atoms with Crippen LogP contribution in [0.4, 0.5) is 0 Å². The maximum atomic E-state index is 12.0. The van der Waals surface area contributed by atoms with Gasteiger partial charge in [0.1, 0.15) is 24.4 Å². The minimum absolute atomic E-state index is 0.0974. The summed E-state index contributed by atoms with van der Waals surface area (Å²) in [6, 6.07) is 51.1. The molecule has 10 heteroatoms. The lowest BCUT2D eigenvalue weighted by Gasteiger charge is -2.30. The monoisotopic (exact) mass is 796 g/mol. The van der Waals surface area contributed by atoms with Crippen LogP contribution in [0, 0.1) is 0 Å². The molecule has 0 amide bonds. The summed E-state index contributed by atoms with van der Waals surface area (Å²) in [4.78, 5) is 0. The van der Waals surface area contributed by atoms with E-state index in [0.29, 0.717) is 37.7 Å². The molecule has 0 aromatic heterocycles. The summed E-state index contributed by atoms with van der Waals surface area (Å²) in [5.74, 6) is 0. The third-order valence-electron chi connectivity index (χ3n) is 10.1. The zero-order valence-corrected chi connectivity index (χ0v) is 34.2. The Labute approximate surface area is 334 Å². The predicted molar refractivity (Wildman–Crippen MR) is 222 cm³/mol. The van der Waals surface area contributed by atoms with E-state index in [1.54, 1.807) is 13.8 Å². The van der Waals surface area contributed by atoms with Crippen molar-refractivity contribution in [2.24, 2.45) is 0 Å². The van der Waals surface area contributed by atoms with E-state index >= 15 is 0 Å². The van der Waals surface area contributed by atoms with Gasteiger partial charge in [-0.25, -0.2) is 8.37 Å². The van der Waals surface area contributed by atoms with Gasteiger partial charge in [-0.05, 0) is 41.4 Å². The highest BCUT2D eigenvalue weighted by Crippen LogP contribution is 2.56. The molecule has 5 aromatic rings. The number of hydrogen-bond acceptors (Lipinski definition) is 8. The van der Waals surface area contributed by atoms with Gasteiger partial charge in [0.2, 0.25) is 0 Å². The van der Waals surface area contributed by atoms with Crippen molar-refractivity contribution in [3.63, 3.8) is 0 Å². The molecule has 2 heterocycles. The Morgan fingerprint density at radius 1 is 0.429 bits per heavy atom. The number of benzene rings is 5. The summed E-state index contributed by atoms with van der Waals surface area (Å²) in [6.45, 7) is 9.88. The van der Waals surface area contributed by atoms with Crippen molar-refractivity contribution in [3.05, 3.63) is 174 Å². The van der Waals surface area contributed by atoms with Crippen LogP contribution in [0.3, 0.4) is 0 Å². The molecule has 296 valence electrons. The molecule has 8 nitrogen and oxygen atoms in total. The fourth-order valence-electron chi connectivity index (χ4n) is 7.34. The van der Waals surface area contributed by atoms with Gasteiger partial charge in [0.25, 0.3) is 0 Å². The first-order valence-electron chi connectivity index (χ1n) is 19.3. The second-order valence-electron chi connectivity index (χ2n) is 14.3. The van der Waals surface area contributed by atoms with E-state index in [1.807, 2.05) is 72.8 Å². The minimum atomic E-state index is -4.11. The van der Waals surface area contributed by atoms with E-state index in [2.05, 4.69) is 92.7 Å². The summed E-state index contributed by atoms with van der Waals surface area (Å²) in [6.07, 6.45) is -2.52. The van der Waals surface area contributed by atoms with Crippen LogP contribution in [0.25, 0.3) is 0 Å². The molecule has 0 aliphatic carbocycles. The highest BCUT2D eigenvalue weighted by molar-refractivity contribution is 7.81. The van der Waals surface area contributed by atoms with Crippen LogP contribution >= 0.6 is 7.92 Å². The van der Waals surface area contributed by atoms with Crippen molar-refractivity contribution in [2.75, 3.05) is 0 Å². The van der Waals surface area contributed by atoms with Crippen molar-refractivity contribution in [3.8, 4) is 0 Å². The fourth-order valence-corrected chi connectivity index (χ4v) is 11.7. The summed E-state index contributed by atoms with van der Waals surface area (Å²) in [5.41, 5.74) is 5.29. The molecule has 0 radical (unpaired) electrons. The lowest BCUT2D eigenvalue weighted by atomic mass is 10.0. The molecule has 7 rings (SSSR count). The molecule has 0 spiro atoms. The van der Waals surface area contributed by atoms with E-state index in [9.17, 15) is 8.42 Å². The van der Waals surface area contributed by atoms with Crippen LogP contribution in [0.5, 0.6) is 0 Å². The Morgan fingerprint density at radius 2 is 0.696 bits per heavy atom. The normalized spacial score (nSPS) is 27.1. The predicted octanol–water partition coefficient (Wildman–Crippen LogP) is 8.98. The quantitative estimate of drug-likeness (QED) is 0.109. The summed E-state index contributed by atoms with van der Waals surface area (Å²) in [5, 5.41) is 1.45. The van der Waals surface area contributed by atoms with Crippen LogP contribution < -0.4 is 5.30 Å². The van der Waals surface area contributed by atoms with Crippen molar-refractivity contribution in [1.82, 2.24) is 0 Å². The second-order valence-corrected chi connectivity index (χ2v) is 18.4. The SMILES string of the molecule is C[C@H]1C(OCc2ccccc2)[C@H](OCc2ccccc2)[C@H](C)P1c1ccccc1.C[C@H]1OS(=O)(=O)O[C@H](C)[C@@H](OCc2ccccc2)C1OCc1ccccc1. The first-order valence-corrected chi connectivity index (χ1v) is 22.1. The van der Waals surface area contributed by atoms with E-state index in [0.717, 1.165) is 11.1 Å². The molecule has 2 saturated heterocycles. The smallest absolute Gasteiger partial charge is 0.370 e. The topological polar surface area (TPSA) is 89.5 Å². The summed E-state index contributed by atoms with van der Waals surface area (Å²) < 4.78 is 59.2. The number of ether oxygens (including phenoxy) is 4. The molecule has 0 saturated carbocycles. The van der Waals surface area contributed by atoms with Crippen LogP contribution in [0.15, 0.2) is 152 Å². The Bertz CT molecular complexity index is 1850. The van der Waals surface area contributed by atoms with Crippen LogP contribution in [-0.2, 0) is 64.1 Å². The zero-order valence-electron chi connectivity index (χ0n) is 32.5. The van der Waals surface area contributed by atoms with Gasteiger partial charge in [-0.1, -0.05) is 173 Å². The molecule has 9 atom stereocenters. The van der Waals surface area contributed by atoms with Gasteiger partial charge < -0.3 is 18.9 Å². The molecular weight excluding hydrogens is 744 g/mol. The van der Waals surface area contributed by atoms with Gasteiger partial charge >= 0.3 is 10.4 Å². The Kier molecular flexibility index (Phi) is 15.4. The van der Waals surface area contributed by atoms with Crippen LogP contribution in [0.1, 0.15) is 49.9 Å². The van der Waals surface area contributed by atoms with Crippen LogP contribution in [-0.4, -0.2) is 56.4 Å². The van der Waals surface area contributed by atoms with E-state index in [-0.39, 0.29) is 20.1 Å².